The number of nitrogens with two attached hydrogens (primary N) is 1. The molecular weight excluding hydrogens is 166 g/mol. The summed E-state index contributed by atoms with van der Waals surface area (Å²) in [5.41, 5.74) is 5.28. The van der Waals surface area contributed by atoms with E-state index < -0.39 is 5.60 Å². The first-order chi connectivity index (χ1) is 5.86. The Kier molecular flexibility index (Phi) is 3.00. The van der Waals surface area contributed by atoms with Crippen molar-refractivity contribution in [3.05, 3.63) is 0 Å². The highest BCUT2D eigenvalue weighted by molar-refractivity contribution is 4.97. The van der Waals surface area contributed by atoms with Crippen molar-refractivity contribution in [1.82, 2.24) is 0 Å². The predicted molar refractivity (Wildman–Crippen MR) is 52.4 cm³/mol. The molecule has 0 aromatic rings. The summed E-state index contributed by atoms with van der Waals surface area (Å²) >= 11 is 0. The van der Waals surface area contributed by atoms with Gasteiger partial charge in [-0.05, 0) is 5.41 Å². The van der Waals surface area contributed by atoms with Gasteiger partial charge in [0, 0.05) is 32.1 Å². The van der Waals surface area contributed by atoms with Gasteiger partial charge in [0.2, 0.25) is 0 Å². The summed E-state index contributed by atoms with van der Waals surface area (Å²) in [7, 11) is 0. The molecule has 0 amide bonds. The van der Waals surface area contributed by atoms with E-state index in [1.54, 1.807) is 0 Å². The molecule has 1 atom stereocenters. The summed E-state index contributed by atoms with van der Waals surface area (Å²) in [6.45, 7) is 7.43. The third-order valence-electron chi connectivity index (χ3n) is 2.87. The Morgan fingerprint density at radius 3 is 2.15 bits per heavy atom. The normalized spacial score (nSPS) is 25.6. The number of hydrogen-bond donors (Lipinski definition) is 2. The molecule has 3 nitrogen and oxygen atoms in total. The van der Waals surface area contributed by atoms with Crippen LogP contribution in [-0.2, 0) is 4.74 Å². The van der Waals surface area contributed by atoms with Crippen LogP contribution in [0.15, 0.2) is 0 Å². The van der Waals surface area contributed by atoms with Crippen LogP contribution >= 0.6 is 0 Å². The number of aliphatic hydroxyl groups is 1. The maximum Gasteiger partial charge on any atom is 0.0846 e. The SMILES string of the molecule is CC(C)(C)C(N)C1(O)CCOCC1. The molecule has 78 valence electrons. The van der Waals surface area contributed by atoms with E-state index in [4.69, 9.17) is 10.5 Å². The Labute approximate surface area is 80.3 Å². The topological polar surface area (TPSA) is 55.5 Å². The average molecular weight is 187 g/mol. The van der Waals surface area contributed by atoms with Crippen LogP contribution < -0.4 is 5.73 Å². The van der Waals surface area contributed by atoms with Crippen molar-refractivity contribution in [3.8, 4) is 0 Å². The van der Waals surface area contributed by atoms with Gasteiger partial charge in [-0.3, -0.25) is 0 Å². The van der Waals surface area contributed by atoms with Gasteiger partial charge in [0.25, 0.3) is 0 Å². The van der Waals surface area contributed by atoms with E-state index >= 15 is 0 Å². The zero-order valence-corrected chi connectivity index (χ0v) is 8.84. The Balaban J connectivity index is 2.67. The molecule has 0 saturated carbocycles. The molecule has 0 spiro atoms. The second-order valence-corrected chi connectivity index (χ2v) is 5.06. The van der Waals surface area contributed by atoms with Gasteiger partial charge in [-0.25, -0.2) is 0 Å². The van der Waals surface area contributed by atoms with Crippen molar-refractivity contribution >= 4 is 0 Å². The van der Waals surface area contributed by atoms with E-state index in [0.717, 1.165) is 0 Å². The molecular formula is C10H21NO2. The van der Waals surface area contributed by atoms with Crippen LogP contribution in [0.5, 0.6) is 0 Å². The average Bonchev–Trinajstić information content (AvgIpc) is 2.03. The second kappa shape index (κ2) is 3.56. The van der Waals surface area contributed by atoms with Gasteiger partial charge in [-0.2, -0.15) is 0 Å². The highest BCUT2D eigenvalue weighted by atomic mass is 16.5. The van der Waals surface area contributed by atoms with Crippen molar-refractivity contribution in [2.75, 3.05) is 13.2 Å². The third-order valence-corrected chi connectivity index (χ3v) is 2.87. The fraction of sp³-hybridized carbons (Fsp3) is 1.00. The van der Waals surface area contributed by atoms with E-state index in [-0.39, 0.29) is 11.5 Å². The molecule has 1 heterocycles. The van der Waals surface area contributed by atoms with E-state index in [0.29, 0.717) is 26.1 Å². The van der Waals surface area contributed by atoms with Crippen LogP contribution in [0.2, 0.25) is 0 Å². The minimum absolute atomic E-state index is 0.0495. The van der Waals surface area contributed by atoms with E-state index in [9.17, 15) is 5.11 Å². The lowest BCUT2D eigenvalue weighted by molar-refractivity contribution is -0.0967. The van der Waals surface area contributed by atoms with Crippen LogP contribution in [0.3, 0.4) is 0 Å². The molecule has 0 aliphatic carbocycles. The van der Waals surface area contributed by atoms with E-state index in [1.807, 2.05) is 0 Å². The lowest BCUT2D eigenvalue weighted by atomic mass is 9.73. The van der Waals surface area contributed by atoms with Gasteiger partial charge in [0.15, 0.2) is 0 Å². The molecule has 3 heteroatoms. The fourth-order valence-electron chi connectivity index (χ4n) is 1.84. The summed E-state index contributed by atoms with van der Waals surface area (Å²) in [6, 6.07) is -0.177. The van der Waals surface area contributed by atoms with Crippen LogP contribution in [0.25, 0.3) is 0 Å². The van der Waals surface area contributed by atoms with Crippen molar-refractivity contribution < 1.29 is 9.84 Å². The minimum Gasteiger partial charge on any atom is -0.388 e. The predicted octanol–water partition coefficient (Wildman–Crippen LogP) is 0.901. The molecule has 1 unspecified atom stereocenters. The van der Waals surface area contributed by atoms with Crippen molar-refractivity contribution in [3.63, 3.8) is 0 Å². The van der Waals surface area contributed by atoms with Gasteiger partial charge in [-0.15, -0.1) is 0 Å². The highest BCUT2D eigenvalue weighted by Crippen LogP contribution is 2.32. The molecule has 1 saturated heterocycles. The standard InChI is InChI=1S/C10H21NO2/c1-9(2,3)8(11)10(12)4-6-13-7-5-10/h8,12H,4-7,11H2,1-3H3. The fourth-order valence-corrected chi connectivity index (χ4v) is 1.84. The molecule has 1 rings (SSSR count). The second-order valence-electron chi connectivity index (χ2n) is 5.06. The van der Waals surface area contributed by atoms with Gasteiger partial charge in [-0.1, -0.05) is 20.8 Å². The molecule has 0 aromatic carbocycles. The van der Waals surface area contributed by atoms with Gasteiger partial charge in [0.05, 0.1) is 5.60 Å². The molecule has 0 radical (unpaired) electrons. The zero-order valence-electron chi connectivity index (χ0n) is 8.84. The van der Waals surface area contributed by atoms with Crippen molar-refractivity contribution in [2.45, 2.75) is 45.3 Å². The molecule has 13 heavy (non-hydrogen) atoms. The van der Waals surface area contributed by atoms with E-state index in [1.165, 1.54) is 0 Å². The number of ether oxygens (including phenoxy) is 1. The zero-order chi connectivity index (χ0) is 10.1. The Bertz CT molecular complexity index is 168. The van der Waals surface area contributed by atoms with Gasteiger partial charge >= 0.3 is 0 Å². The minimum atomic E-state index is -0.726. The largest absolute Gasteiger partial charge is 0.388 e. The first-order valence-corrected chi connectivity index (χ1v) is 4.92. The molecule has 3 N–H and O–H groups in total. The molecule has 1 aliphatic rings. The Morgan fingerprint density at radius 2 is 1.77 bits per heavy atom. The monoisotopic (exact) mass is 187 g/mol. The number of rotatable bonds is 1. The molecule has 0 aromatic heterocycles. The lowest BCUT2D eigenvalue weighted by Crippen LogP contribution is -2.57. The van der Waals surface area contributed by atoms with Crippen molar-refractivity contribution in [1.29, 1.82) is 0 Å². The maximum atomic E-state index is 10.3. The van der Waals surface area contributed by atoms with Crippen LogP contribution in [-0.4, -0.2) is 30.0 Å². The molecule has 1 fully saturated rings. The summed E-state index contributed by atoms with van der Waals surface area (Å²) < 4.78 is 5.21. The van der Waals surface area contributed by atoms with E-state index in [2.05, 4.69) is 20.8 Å². The number of hydrogen-bond acceptors (Lipinski definition) is 3. The van der Waals surface area contributed by atoms with Crippen LogP contribution in [0, 0.1) is 5.41 Å². The summed E-state index contributed by atoms with van der Waals surface area (Å²) in [4.78, 5) is 0. The first-order valence-electron chi connectivity index (χ1n) is 4.92. The highest BCUT2D eigenvalue weighted by Gasteiger charge is 2.41. The summed E-state index contributed by atoms with van der Waals surface area (Å²) in [5.74, 6) is 0. The lowest BCUT2D eigenvalue weighted by Gasteiger charge is -2.43. The molecule has 1 aliphatic heterocycles. The quantitative estimate of drug-likeness (QED) is 0.641. The van der Waals surface area contributed by atoms with Crippen LogP contribution in [0.4, 0.5) is 0 Å². The first kappa shape index (κ1) is 11.0. The third kappa shape index (κ3) is 2.42. The smallest absolute Gasteiger partial charge is 0.0846 e. The van der Waals surface area contributed by atoms with Gasteiger partial charge in [0.1, 0.15) is 0 Å². The van der Waals surface area contributed by atoms with Gasteiger partial charge < -0.3 is 15.6 Å². The van der Waals surface area contributed by atoms with Crippen LogP contribution in [0.1, 0.15) is 33.6 Å². The van der Waals surface area contributed by atoms with Crippen molar-refractivity contribution in [2.24, 2.45) is 11.1 Å². The summed E-state index contributed by atoms with van der Waals surface area (Å²) in [5, 5.41) is 10.3. The maximum absolute atomic E-state index is 10.3. The summed E-state index contributed by atoms with van der Waals surface area (Å²) in [6.07, 6.45) is 1.32. The Hall–Kier alpha value is -0.120. The molecule has 0 bridgehead atoms. The Morgan fingerprint density at radius 1 is 1.31 bits per heavy atom.